The summed E-state index contributed by atoms with van der Waals surface area (Å²) in [7, 11) is 1.73. The average molecular weight is 437 g/mol. The molecule has 6 heteroatoms. The van der Waals surface area contributed by atoms with Crippen LogP contribution in [0.1, 0.15) is 38.5 Å². The zero-order valence-corrected chi connectivity index (χ0v) is 19.3. The number of piperazine rings is 1. The van der Waals surface area contributed by atoms with Crippen molar-refractivity contribution < 1.29 is 9.53 Å². The van der Waals surface area contributed by atoms with Crippen LogP contribution in [0, 0.1) is 5.92 Å². The highest BCUT2D eigenvalue weighted by Crippen LogP contribution is 2.29. The molecule has 1 aromatic carbocycles. The summed E-state index contributed by atoms with van der Waals surface area (Å²) in [6, 6.07) is 12.1. The van der Waals surface area contributed by atoms with Crippen molar-refractivity contribution in [3.63, 3.8) is 0 Å². The van der Waals surface area contributed by atoms with Crippen LogP contribution in [0.15, 0.2) is 48.8 Å². The van der Waals surface area contributed by atoms with Gasteiger partial charge in [0.25, 0.3) is 0 Å². The van der Waals surface area contributed by atoms with Crippen molar-refractivity contribution in [2.75, 3.05) is 56.2 Å². The Hall–Kier alpha value is -2.60. The van der Waals surface area contributed by atoms with Crippen LogP contribution in [0.2, 0.25) is 0 Å². The van der Waals surface area contributed by atoms with Crippen LogP contribution in [-0.2, 0) is 4.79 Å². The third-order valence-electron chi connectivity index (χ3n) is 6.88. The Balaban J connectivity index is 1.33. The fourth-order valence-corrected chi connectivity index (χ4v) is 5.00. The molecular weight excluding hydrogens is 400 g/mol. The van der Waals surface area contributed by atoms with Gasteiger partial charge in [0.1, 0.15) is 5.75 Å². The Morgan fingerprint density at radius 3 is 2.56 bits per heavy atom. The average Bonchev–Trinajstić information content (AvgIpc) is 2.86. The highest BCUT2D eigenvalue weighted by atomic mass is 16.5. The van der Waals surface area contributed by atoms with Gasteiger partial charge in [0.2, 0.25) is 5.91 Å². The minimum Gasteiger partial charge on any atom is -0.495 e. The fourth-order valence-electron chi connectivity index (χ4n) is 5.00. The van der Waals surface area contributed by atoms with E-state index in [4.69, 9.17) is 4.74 Å². The van der Waals surface area contributed by atoms with E-state index in [0.29, 0.717) is 18.9 Å². The molecule has 1 aliphatic heterocycles. The summed E-state index contributed by atoms with van der Waals surface area (Å²) >= 11 is 0. The molecule has 32 heavy (non-hydrogen) atoms. The van der Waals surface area contributed by atoms with Crippen LogP contribution in [0.25, 0.3) is 0 Å². The summed E-state index contributed by atoms with van der Waals surface area (Å²) in [5, 5.41) is 0. The minimum absolute atomic E-state index is 0.248. The lowest BCUT2D eigenvalue weighted by Gasteiger charge is -2.37. The zero-order chi connectivity index (χ0) is 22.2. The Labute approximate surface area is 192 Å². The smallest absolute Gasteiger partial charge is 0.227 e. The molecule has 2 aromatic rings. The van der Waals surface area contributed by atoms with Crippen LogP contribution < -0.4 is 14.5 Å². The van der Waals surface area contributed by atoms with Gasteiger partial charge in [0.05, 0.1) is 24.7 Å². The fraction of sp³-hybridized carbons (Fsp3) is 0.538. The second-order valence-electron chi connectivity index (χ2n) is 8.97. The Bertz CT molecular complexity index is 846. The first-order valence-corrected chi connectivity index (χ1v) is 12.1. The molecule has 0 spiro atoms. The number of methoxy groups -OCH3 is 1. The number of ether oxygens (including phenoxy) is 1. The first-order valence-electron chi connectivity index (χ1n) is 12.1. The Kier molecular flexibility index (Phi) is 7.99. The molecule has 0 atom stereocenters. The van der Waals surface area contributed by atoms with Gasteiger partial charge in [0.15, 0.2) is 0 Å². The predicted octanol–water partition coefficient (Wildman–Crippen LogP) is 4.22. The number of para-hydroxylation sites is 2. The van der Waals surface area contributed by atoms with Crippen molar-refractivity contribution in [2.24, 2.45) is 5.92 Å². The summed E-state index contributed by atoms with van der Waals surface area (Å²) in [4.78, 5) is 24.3. The lowest BCUT2D eigenvalue weighted by molar-refractivity contribution is -0.119. The van der Waals surface area contributed by atoms with Crippen molar-refractivity contribution in [3.05, 3.63) is 48.8 Å². The standard InChI is InChI=1S/C26H36N4O2/c1-32-25-12-6-5-11-24(25)29-17-14-28(15-18-29)16-19-30(23-10-7-13-27-21-23)26(31)20-22-8-3-2-4-9-22/h5-7,10-13,21-22H,2-4,8-9,14-20H2,1H3. The summed E-state index contributed by atoms with van der Waals surface area (Å²) in [5.74, 6) is 1.72. The van der Waals surface area contributed by atoms with Gasteiger partial charge in [-0.05, 0) is 43.0 Å². The third kappa shape index (κ3) is 5.80. The number of pyridine rings is 1. The Morgan fingerprint density at radius 1 is 1.06 bits per heavy atom. The molecule has 1 saturated carbocycles. The quantitative estimate of drug-likeness (QED) is 0.620. The molecule has 0 unspecified atom stereocenters. The molecular formula is C26H36N4O2. The molecule has 0 N–H and O–H groups in total. The third-order valence-corrected chi connectivity index (χ3v) is 6.88. The van der Waals surface area contributed by atoms with E-state index in [1.54, 1.807) is 13.3 Å². The van der Waals surface area contributed by atoms with Crippen molar-refractivity contribution in [3.8, 4) is 5.75 Å². The molecule has 4 rings (SSSR count). The lowest BCUT2D eigenvalue weighted by Crippen LogP contribution is -2.49. The minimum atomic E-state index is 0.248. The molecule has 1 saturated heterocycles. The second-order valence-corrected chi connectivity index (χ2v) is 8.97. The van der Waals surface area contributed by atoms with Crippen LogP contribution >= 0.6 is 0 Å². The maximum atomic E-state index is 13.2. The van der Waals surface area contributed by atoms with Gasteiger partial charge in [-0.15, -0.1) is 0 Å². The number of amides is 1. The van der Waals surface area contributed by atoms with Gasteiger partial charge >= 0.3 is 0 Å². The van der Waals surface area contributed by atoms with Crippen LogP contribution in [0.3, 0.4) is 0 Å². The van der Waals surface area contributed by atoms with E-state index in [1.807, 2.05) is 35.4 Å². The Morgan fingerprint density at radius 2 is 1.84 bits per heavy atom. The van der Waals surface area contributed by atoms with E-state index in [1.165, 1.54) is 32.1 Å². The monoisotopic (exact) mass is 436 g/mol. The van der Waals surface area contributed by atoms with E-state index >= 15 is 0 Å². The zero-order valence-electron chi connectivity index (χ0n) is 19.3. The summed E-state index contributed by atoms with van der Waals surface area (Å²) in [6.07, 6.45) is 10.5. The van der Waals surface area contributed by atoms with E-state index in [9.17, 15) is 4.79 Å². The van der Waals surface area contributed by atoms with Gasteiger partial charge in [-0.3, -0.25) is 14.7 Å². The first-order chi connectivity index (χ1) is 15.7. The number of rotatable bonds is 8. The number of nitrogens with zero attached hydrogens (tertiary/aromatic N) is 4. The van der Waals surface area contributed by atoms with Crippen molar-refractivity contribution >= 4 is 17.3 Å². The highest BCUT2D eigenvalue weighted by Gasteiger charge is 2.24. The number of carbonyl (C=O) groups excluding carboxylic acids is 1. The summed E-state index contributed by atoms with van der Waals surface area (Å²) in [5.41, 5.74) is 2.08. The van der Waals surface area contributed by atoms with Gasteiger partial charge in [0, 0.05) is 51.9 Å². The van der Waals surface area contributed by atoms with Crippen LogP contribution in [0.4, 0.5) is 11.4 Å². The number of aromatic nitrogens is 1. The number of anilines is 2. The molecule has 1 aromatic heterocycles. The molecule has 0 radical (unpaired) electrons. The highest BCUT2D eigenvalue weighted by molar-refractivity contribution is 5.93. The predicted molar refractivity (Wildman–Crippen MR) is 129 cm³/mol. The summed E-state index contributed by atoms with van der Waals surface area (Å²) in [6.45, 7) is 5.48. The molecule has 0 bridgehead atoms. The van der Waals surface area contributed by atoms with Crippen molar-refractivity contribution in [1.29, 1.82) is 0 Å². The van der Waals surface area contributed by atoms with Gasteiger partial charge in [-0.1, -0.05) is 31.4 Å². The molecule has 2 fully saturated rings. The van der Waals surface area contributed by atoms with Gasteiger partial charge in [-0.2, -0.15) is 0 Å². The van der Waals surface area contributed by atoms with E-state index in [2.05, 4.69) is 26.9 Å². The largest absolute Gasteiger partial charge is 0.495 e. The molecule has 2 aliphatic rings. The van der Waals surface area contributed by atoms with E-state index in [0.717, 1.165) is 49.8 Å². The van der Waals surface area contributed by atoms with Crippen LogP contribution in [0.5, 0.6) is 5.75 Å². The summed E-state index contributed by atoms with van der Waals surface area (Å²) < 4.78 is 5.54. The molecule has 1 amide bonds. The van der Waals surface area contributed by atoms with E-state index in [-0.39, 0.29) is 5.91 Å². The second kappa shape index (κ2) is 11.3. The number of carbonyl (C=O) groups is 1. The molecule has 2 heterocycles. The van der Waals surface area contributed by atoms with Gasteiger partial charge < -0.3 is 14.5 Å². The molecule has 6 nitrogen and oxygen atoms in total. The van der Waals surface area contributed by atoms with E-state index < -0.39 is 0 Å². The van der Waals surface area contributed by atoms with Crippen molar-refractivity contribution in [1.82, 2.24) is 9.88 Å². The number of benzene rings is 1. The maximum Gasteiger partial charge on any atom is 0.227 e. The first kappa shape index (κ1) is 22.6. The molecule has 172 valence electrons. The number of hydrogen-bond acceptors (Lipinski definition) is 5. The van der Waals surface area contributed by atoms with Gasteiger partial charge in [-0.25, -0.2) is 0 Å². The topological polar surface area (TPSA) is 48.9 Å². The normalized spacial score (nSPS) is 17.8. The lowest BCUT2D eigenvalue weighted by atomic mass is 9.86. The SMILES string of the molecule is COc1ccccc1N1CCN(CCN(C(=O)CC2CCCCC2)c2cccnc2)CC1. The van der Waals surface area contributed by atoms with Crippen molar-refractivity contribution in [2.45, 2.75) is 38.5 Å². The molecule has 1 aliphatic carbocycles. The number of hydrogen-bond donors (Lipinski definition) is 0. The maximum absolute atomic E-state index is 13.2. The van der Waals surface area contributed by atoms with Crippen LogP contribution in [-0.4, -0.2) is 62.2 Å².